The molecule has 29 heavy (non-hydrogen) atoms. The van der Waals surface area contributed by atoms with E-state index < -0.39 is 0 Å². The summed E-state index contributed by atoms with van der Waals surface area (Å²) >= 11 is 0. The molecule has 4 rings (SSSR count). The number of rotatable bonds is 5. The molecule has 0 bridgehead atoms. The van der Waals surface area contributed by atoms with Gasteiger partial charge in [-0.15, -0.1) is 0 Å². The Balaban J connectivity index is 1.55. The highest BCUT2D eigenvalue weighted by atomic mass is 16.5. The predicted octanol–water partition coefficient (Wildman–Crippen LogP) is 3.57. The number of nitrogens with one attached hydrogen (secondary N) is 1. The first kappa shape index (κ1) is 19.2. The Morgan fingerprint density at radius 1 is 1.21 bits per heavy atom. The Bertz CT molecular complexity index is 1020. The molecule has 150 valence electrons. The van der Waals surface area contributed by atoms with Crippen LogP contribution >= 0.6 is 0 Å². The smallest absolute Gasteiger partial charge is 0.251 e. The van der Waals surface area contributed by atoms with Gasteiger partial charge in [-0.1, -0.05) is 18.2 Å². The molecule has 1 aromatic heterocycles. The molecule has 1 N–H and O–H groups in total. The second-order valence-corrected chi connectivity index (χ2v) is 7.04. The lowest BCUT2D eigenvalue weighted by Gasteiger charge is -2.34. The number of anilines is 1. The quantitative estimate of drug-likeness (QED) is 0.720. The number of nitrogens with zero attached hydrogens (tertiary/aromatic N) is 2. The third-order valence-electron chi connectivity index (χ3n) is 5.18. The largest absolute Gasteiger partial charge is 0.497 e. The summed E-state index contributed by atoms with van der Waals surface area (Å²) in [5.74, 6) is 1.57. The molecule has 1 amide bonds. The van der Waals surface area contributed by atoms with Crippen molar-refractivity contribution in [2.75, 3.05) is 38.3 Å². The van der Waals surface area contributed by atoms with E-state index in [1.165, 1.54) is 0 Å². The number of amides is 1. The lowest BCUT2D eigenvalue weighted by atomic mass is 10.0. The second kappa shape index (κ2) is 8.49. The molecule has 6 nitrogen and oxygen atoms in total. The van der Waals surface area contributed by atoms with Crippen LogP contribution in [0.4, 0.5) is 5.82 Å². The molecule has 1 fully saturated rings. The van der Waals surface area contributed by atoms with Gasteiger partial charge in [0.2, 0.25) is 0 Å². The van der Waals surface area contributed by atoms with E-state index in [9.17, 15) is 4.79 Å². The van der Waals surface area contributed by atoms with Gasteiger partial charge in [-0.05, 0) is 53.6 Å². The van der Waals surface area contributed by atoms with Gasteiger partial charge in [0.1, 0.15) is 17.7 Å². The van der Waals surface area contributed by atoms with Crippen molar-refractivity contribution in [2.24, 2.45) is 0 Å². The normalized spacial score (nSPS) is 16.6. The van der Waals surface area contributed by atoms with Gasteiger partial charge in [0.15, 0.2) is 0 Å². The van der Waals surface area contributed by atoms with Crippen LogP contribution in [-0.2, 0) is 4.74 Å². The molecule has 0 radical (unpaired) electrons. The van der Waals surface area contributed by atoms with Crippen molar-refractivity contribution < 1.29 is 14.3 Å². The van der Waals surface area contributed by atoms with E-state index in [0.29, 0.717) is 25.3 Å². The lowest BCUT2D eigenvalue weighted by Crippen LogP contribution is -2.39. The van der Waals surface area contributed by atoms with E-state index >= 15 is 0 Å². The van der Waals surface area contributed by atoms with E-state index in [0.717, 1.165) is 34.4 Å². The topological polar surface area (TPSA) is 63.7 Å². The minimum atomic E-state index is -0.0779. The Morgan fingerprint density at radius 2 is 2.03 bits per heavy atom. The Kier molecular flexibility index (Phi) is 5.62. The van der Waals surface area contributed by atoms with Crippen LogP contribution in [-0.4, -0.2) is 44.2 Å². The maximum atomic E-state index is 12.1. The average Bonchev–Trinajstić information content (AvgIpc) is 2.78. The molecule has 1 saturated heterocycles. The Labute approximate surface area is 170 Å². The van der Waals surface area contributed by atoms with Gasteiger partial charge < -0.3 is 19.7 Å². The van der Waals surface area contributed by atoms with Crippen molar-refractivity contribution in [2.45, 2.75) is 13.0 Å². The highest BCUT2D eigenvalue weighted by Crippen LogP contribution is 2.29. The molecule has 1 aliphatic heterocycles. The van der Waals surface area contributed by atoms with Gasteiger partial charge in [0.05, 0.1) is 13.7 Å². The number of carbonyl (C=O) groups is 1. The van der Waals surface area contributed by atoms with Gasteiger partial charge in [-0.2, -0.15) is 0 Å². The minimum Gasteiger partial charge on any atom is -0.497 e. The van der Waals surface area contributed by atoms with Gasteiger partial charge in [0, 0.05) is 31.4 Å². The zero-order valence-corrected chi connectivity index (χ0v) is 16.7. The van der Waals surface area contributed by atoms with Crippen molar-refractivity contribution in [3.8, 4) is 5.75 Å². The number of hydrogen-bond acceptors (Lipinski definition) is 5. The zero-order chi connectivity index (χ0) is 20.2. The van der Waals surface area contributed by atoms with Gasteiger partial charge in [-0.3, -0.25) is 4.79 Å². The second-order valence-electron chi connectivity index (χ2n) is 7.04. The highest BCUT2D eigenvalue weighted by Gasteiger charge is 2.23. The van der Waals surface area contributed by atoms with E-state index in [-0.39, 0.29) is 12.0 Å². The van der Waals surface area contributed by atoms with Crippen LogP contribution in [0, 0.1) is 0 Å². The fourth-order valence-corrected chi connectivity index (χ4v) is 3.62. The molecule has 6 heteroatoms. The molecule has 0 aliphatic carbocycles. The molecule has 3 aromatic rings. The summed E-state index contributed by atoms with van der Waals surface area (Å²) in [6.07, 6.45) is 1.64. The molecule has 2 aromatic carbocycles. The van der Waals surface area contributed by atoms with E-state index in [1.807, 2.05) is 25.1 Å². The van der Waals surface area contributed by atoms with Crippen molar-refractivity contribution in [1.29, 1.82) is 0 Å². The number of morpholine rings is 1. The number of carbonyl (C=O) groups excluding carboxylic acids is 1. The summed E-state index contributed by atoms with van der Waals surface area (Å²) in [7, 11) is 1.68. The first-order valence-electron chi connectivity index (χ1n) is 9.86. The minimum absolute atomic E-state index is 0.0508. The Hall–Kier alpha value is -3.12. The average molecular weight is 391 g/mol. The van der Waals surface area contributed by atoms with Crippen LogP contribution in [0.25, 0.3) is 10.8 Å². The number of hydrogen-bond donors (Lipinski definition) is 1. The van der Waals surface area contributed by atoms with Crippen LogP contribution in [0.1, 0.15) is 28.9 Å². The highest BCUT2D eigenvalue weighted by molar-refractivity contribution is 5.94. The molecule has 1 atom stereocenters. The van der Waals surface area contributed by atoms with Gasteiger partial charge in [-0.25, -0.2) is 4.98 Å². The summed E-state index contributed by atoms with van der Waals surface area (Å²) in [6.45, 7) is 4.55. The van der Waals surface area contributed by atoms with Gasteiger partial charge >= 0.3 is 0 Å². The van der Waals surface area contributed by atoms with Crippen LogP contribution in [0.5, 0.6) is 5.75 Å². The molecule has 2 heterocycles. The molecule has 0 saturated carbocycles. The van der Waals surface area contributed by atoms with Gasteiger partial charge in [0.25, 0.3) is 5.91 Å². The summed E-state index contributed by atoms with van der Waals surface area (Å²) in [5, 5.41) is 5.12. The maximum Gasteiger partial charge on any atom is 0.251 e. The SMILES string of the molecule is CCNC(=O)c1ccnc(N2CCO[C@@H](c3ccc4cc(OC)ccc4c3)C2)c1. The van der Waals surface area contributed by atoms with Crippen LogP contribution in [0.15, 0.2) is 54.7 Å². The first-order chi connectivity index (χ1) is 14.2. The molecule has 0 spiro atoms. The number of aromatic nitrogens is 1. The van der Waals surface area contributed by atoms with Crippen molar-refractivity contribution in [3.63, 3.8) is 0 Å². The number of benzene rings is 2. The van der Waals surface area contributed by atoms with Crippen molar-refractivity contribution in [3.05, 3.63) is 65.9 Å². The van der Waals surface area contributed by atoms with Crippen molar-refractivity contribution >= 4 is 22.5 Å². The summed E-state index contributed by atoms with van der Waals surface area (Å²) in [5.41, 5.74) is 1.76. The van der Waals surface area contributed by atoms with E-state index in [1.54, 1.807) is 19.4 Å². The predicted molar refractivity (Wildman–Crippen MR) is 114 cm³/mol. The molecular weight excluding hydrogens is 366 g/mol. The number of ether oxygens (including phenoxy) is 2. The summed E-state index contributed by atoms with van der Waals surface area (Å²) in [6, 6.07) is 16.0. The summed E-state index contributed by atoms with van der Waals surface area (Å²) < 4.78 is 11.4. The van der Waals surface area contributed by atoms with Crippen LogP contribution in [0.3, 0.4) is 0 Å². The van der Waals surface area contributed by atoms with E-state index in [4.69, 9.17) is 9.47 Å². The number of methoxy groups -OCH3 is 1. The molecule has 1 aliphatic rings. The molecule has 0 unspecified atom stereocenters. The number of pyridine rings is 1. The molecular formula is C23H25N3O3. The summed E-state index contributed by atoms with van der Waals surface area (Å²) in [4.78, 5) is 18.8. The fourth-order valence-electron chi connectivity index (χ4n) is 3.62. The monoisotopic (exact) mass is 391 g/mol. The number of fused-ring (bicyclic) bond motifs is 1. The fraction of sp³-hybridized carbons (Fsp3) is 0.304. The standard InChI is InChI=1S/C23H25N3O3/c1-3-24-23(27)19-8-9-25-22(14-19)26-10-11-29-21(15-26)18-5-4-17-13-20(28-2)7-6-16(17)12-18/h4-9,12-14,21H,3,10-11,15H2,1-2H3,(H,24,27)/t21-/m1/s1. The third-order valence-corrected chi connectivity index (χ3v) is 5.18. The maximum absolute atomic E-state index is 12.1. The third kappa shape index (κ3) is 4.17. The van der Waals surface area contributed by atoms with E-state index in [2.05, 4.69) is 39.5 Å². The first-order valence-corrected chi connectivity index (χ1v) is 9.86. The zero-order valence-electron chi connectivity index (χ0n) is 16.7. The van der Waals surface area contributed by atoms with Crippen LogP contribution in [0.2, 0.25) is 0 Å². The lowest BCUT2D eigenvalue weighted by molar-refractivity contribution is 0.0396. The van der Waals surface area contributed by atoms with Crippen LogP contribution < -0.4 is 15.0 Å². The van der Waals surface area contributed by atoms with Crippen molar-refractivity contribution in [1.82, 2.24) is 10.3 Å². The Morgan fingerprint density at radius 3 is 2.86 bits per heavy atom.